The highest BCUT2D eigenvalue weighted by atomic mass is 35.5. The van der Waals surface area contributed by atoms with Gasteiger partial charge in [-0.3, -0.25) is 9.89 Å². The Morgan fingerprint density at radius 3 is 2.77 bits per heavy atom. The molecule has 0 saturated carbocycles. The Kier molecular flexibility index (Phi) is 4.18. The molecule has 2 atom stereocenters. The molecule has 22 heavy (non-hydrogen) atoms. The second-order valence-electron chi connectivity index (χ2n) is 5.66. The van der Waals surface area contributed by atoms with Gasteiger partial charge in [-0.15, -0.1) is 0 Å². The summed E-state index contributed by atoms with van der Waals surface area (Å²) in [5.74, 6) is -0.00596. The molecule has 2 unspecified atom stereocenters. The molecule has 1 aliphatic rings. The minimum Gasteiger partial charge on any atom is -0.332 e. The van der Waals surface area contributed by atoms with Crippen molar-refractivity contribution in [2.24, 2.45) is 0 Å². The average Bonchev–Trinajstić information content (AvgIpc) is 3.00. The van der Waals surface area contributed by atoms with Crippen molar-refractivity contribution in [3.8, 4) is 11.3 Å². The fraction of sp³-hybridized carbons (Fsp3) is 0.375. The molecular weight excluding hydrogens is 300 g/mol. The van der Waals surface area contributed by atoms with Crippen LogP contribution in [0.25, 0.3) is 11.3 Å². The summed E-state index contributed by atoms with van der Waals surface area (Å²) >= 11 is 5.89. The molecule has 3 rings (SSSR count). The number of benzene rings is 1. The first-order valence-electron chi connectivity index (χ1n) is 7.42. The molecule has 116 valence electrons. The predicted octanol–water partition coefficient (Wildman–Crippen LogP) is 2.55. The van der Waals surface area contributed by atoms with Crippen molar-refractivity contribution >= 4 is 17.5 Å². The molecule has 2 aromatic rings. The highest BCUT2D eigenvalue weighted by Crippen LogP contribution is 2.21. The summed E-state index contributed by atoms with van der Waals surface area (Å²) < 4.78 is 0. The number of hydrogen-bond donors (Lipinski definition) is 2. The number of amides is 1. The highest BCUT2D eigenvalue weighted by Gasteiger charge is 2.29. The third-order valence-electron chi connectivity index (χ3n) is 4.24. The van der Waals surface area contributed by atoms with Gasteiger partial charge in [0.25, 0.3) is 5.91 Å². The molecular formula is C16H19ClN4O. The molecule has 2 heterocycles. The monoisotopic (exact) mass is 318 g/mol. The second kappa shape index (κ2) is 6.10. The Labute approximate surface area is 134 Å². The zero-order valence-corrected chi connectivity index (χ0v) is 13.4. The summed E-state index contributed by atoms with van der Waals surface area (Å²) in [4.78, 5) is 14.5. The van der Waals surface area contributed by atoms with E-state index in [0.717, 1.165) is 17.8 Å². The van der Waals surface area contributed by atoms with Gasteiger partial charge in [-0.25, -0.2) is 0 Å². The van der Waals surface area contributed by atoms with Crippen LogP contribution in [0.2, 0.25) is 5.02 Å². The molecule has 6 heteroatoms. The standard InChI is InChI=1S/C16H19ClN4O/c1-10-11(2)21(8-7-18-10)16(22)15-9-14(19-20-15)12-3-5-13(17)6-4-12/h3-6,9-11,18H,7-8H2,1-2H3,(H,19,20). The molecule has 2 N–H and O–H groups in total. The first-order chi connectivity index (χ1) is 10.6. The number of nitrogens with one attached hydrogen (secondary N) is 2. The zero-order valence-electron chi connectivity index (χ0n) is 12.6. The normalized spacial score (nSPS) is 21.9. The Hall–Kier alpha value is -1.85. The Morgan fingerprint density at radius 1 is 1.32 bits per heavy atom. The van der Waals surface area contributed by atoms with E-state index in [4.69, 9.17) is 11.6 Å². The van der Waals surface area contributed by atoms with Crippen LogP contribution in [0.1, 0.15) is 24.3 Å². The lowest BCUT2D eigenvalue weighted by atomic mass is 10.1. The maximum absolute atomic E-state index is 12.7. The lowest BCUT2D eigenvalue weighted by Crippen LogP contribution is -2.57. The van der Waals surface area contributed by atoms with Gasteiger partial charge in [0.15, 0.2) is 0 Å². The zero-order chi connectivity index (χ0) is 15.7. The van der Waals surface area contributed by atoms with E-state index in [0.29, 0.717) is 17.3 Å². The second-order valence-corrected chi connectivity index (χ2v) is 6.09. The lowest BCUT2D eigenvalue weighted by Gasteiger charge is -2.38. The summed E-state index contributed by atoms with van der Waals surface area (Å²) in [6, 6.07) is 9.65. The van der Waals surface area contributed by atoms with Crippen LogP contribution in [0.3, 0.4) is 0 Å². The Morgan fingerprint density at radius 2 is 2.05 bits per heavy atom. The maximum atomic E-state index is 12.7. The predicted molar refractivity (Wildman–Crippen MR) is 87.0 cm³/mol. The SMILES string of the molecule is CC1NCCN(C(=O)c2cc(-c3ccc(Cl)cc3)n[nH]2)C1C. The van der Waals surface area contributed by atoms with Crippen LogP contribution in [0.5, 0.6) is 0 Å². The number of halogens is 1. The van der Waals surface area contributed by atoms with Crippen molar-refractivity contribution in [1.29, 1.82) is 0 Å². The van der Waals surface area contributed by atoms with Gasteiger partial charge in [0.2, 0.25) is 0 Å². The van der Waals surface area contributed by atoms with Crippen LogP contribution >= 0.6 is 11.6 Å². The topological polar surface area (TPSA) is 61.0 Å². The molecule has 1 fully saturated rings. The first kappa shape index (κ1) is 15.1. The molecule has 1 amide bonds. The number of carbonyl (C=O) groups excluding carboxylic acids is 1. The van der Waals surface area contributed by atoms with Crippen LogP contribution in [0.15, 0.2) is 30.3 Å². The first-order valence-corrected chi connectivity index (χ1v) is 7.80. The number of nitrogens with zero attached hydrogens (tertiary/aromatic N) is 2. The molecule has 1 saturated heterocycles. The largest absolute Gasteiger partial charge is 0.332 e. The summed E-state index contributed by atoms with van der Waals surface area (Å²) in [5, 5.41) is 11.2. The van der Waals surface area contributed by atoms with Gasteiger partial charge in [0.1, 0.15) is 5.69 Å². The fourth-order valence-electron chi connectivity index (χ4n) is 2.70. The van der Waals surface area contributed by atoms with E-state index in [1.165, 1.54) is 0 Å². The third kappa shape index (κ3) is 2.87. The number of aromatic nitrogens is 2. The lowest BCUT2D eigenvalue weighted by molar-refractivity contribution is 0.0597. The molecule has 0 aliphatic carbocycles. The van der Waals surface area contributed by atoms with Crippen LogP contribution in [0.4, 0.5) is 0 Å². The van der Waals surface area contributed by atoms with Gasteiger partial charge in [0.05, 0.1) is 5.69 Å². The minimum absolute atomic E-state index is 0.00596. The molecule has 0 bridgehead atoms. The molecule has 1 aromatic heterocycles. The highest BCUT2D eigenvalue weighted by molar-refractivity contribution is 6.30. The van der Waals surface area contributed by atoms with E-state index in [-0.39, 0.29) is 18.0 Å². The molecule has 0 spiro atoms. The number of H-pyrrole nitrogens is 1. The molecule has 1 aromatic carbocycles. The van der Waals surface area contributed by atoms with Crippen LogP contribution in [0, 0.1) is 0 Å². The summed E-state index contributed by atoms with van der Waals surface area (Å²) in [5.41, 5.74) is 2.20. The quantitative estimate of drug-likeness (QED) is 0.894. The van der Waals surface area contributed by atoms with E-state index in [9.17, 15) is 4.79 Å². The van der Waals surface area contributed by atoms with Gasteiger partial charge in [-0.1, -0.05) is 23.7 Å². The fourth-order valence-corrected chi connectivity index (χ4v) is 2.82. The summed E-state index contributed by atoms with van der Waals surface area (Å²) in [6.45, 7) is 5.68. The molecule has 0 radical (unpaired) electrons. The van der Waals surface area contributed by atoms with E-state index >= 15 is 0 Å². The van der Waals surface area contributed by atoms with Gasteiger partial charge in [-0.2, -0.15) is 5.10 Å². The van der Waals surface area contributed by atoms with Gasteiger partial charge >= 0.3 is 0 Å². The van der Waals surface area contributed by atoms with Crippen molar-refractivity contribution in [3.63, 3.8) is 0 Å². The molecule has 1 aliphatic heterocycles. The van der Waals surface area contributed by atoms with Crippen molar-refractivity contribution in [1.82, 2.24) is 20.4 Å². The summed E-state index contributed by atoms with van der Waals surface area (Å²) in [7, 11) is 0. The van der Waals surface area contributed by atoms with Crippen molar-refractivity contribution in [2.45, 2.75) is 25.9 Å². The number of carbonyl (C=O) groups is 1. The smallest absolute Gasteiger partial charge is 0.272 e. The molecule has 5 nitrogen and oxygen atoms in total. The average molecular weight is 319 g/mol. The van der Waals surface area contributed by atoms with Crippen LogP contribution in [-0.4, -0.2) is 46.2 Å². The van der Waals surface area contributed by atoms with E-state index in [1.807, 2.05) is 29.2 Å². The number of hydrogen-bond acceptors (Lipinski definition) is 3. The Bertz CT molecular complexity index is 667. The van der Waals surface area contributed by atoms with Crippen LogP contribution < -0.4 is 5.32 Å². The van der Waals surface area contributed by atoms with E-state index < -0.39 is 0 Å². The van der Waals surface area contributed by atoms with Gasteiger partial charge < -0.3 is 10.2 Å². The number of piperazine rings is 1. The van der Waals surface area contributed by atoms with Crippen molar-refractivity contribution in [3.05, 3.63) is 41.0 Å². The van der Waals surface area contributed by atoms with Crippen molar-refractivity contribution in [2.75, 3.05) is 13.1 Å². The maximum Gasteiger partial charge on any atom is 0.272 e. The summed E-state index contributed by atoms with van der Waals surface area (Å²) in [6.07, 6.45) is 0. The van der Waals surface area contributed by atoms with Crippen LogP contribution in [-0.2, 0) is 0 Å². The van der Waals surface area contributed by atoms with Gasteiger partial charge in [-0.05, 0) is 32.0 Å². The van der Waals surface area contributed by atoms with E-state index in [1.54, 1.807) is 6.07 Å². The third-order valence-corrected chi connectivity index (χ3v) is 4.50. The number of aromatic amines is 1. The van der Waals surface area contributed by atoms with Gasteiger partial charge in [0, 0.05) is 35.8 Å². The van der Waals surface area contributed by atoms with Crippen molar-refractivity contribution < 1.29 is 4.79 Å². The van der Waals surface area contributed by atoms with E-state index in [2.05, 4.69) is 29.4 Å². The number of rotatable bonds is 2. The Balaban J connectivity index is 1.81. The minimum atomic E-state index is -0.00596.